The Kier molecular flexibility index (Phi) is 0.886. The highest BCUT2D eigenvalue weighted by Crippen LogP contribution is 2.25. The van der Waals surface area contributed by atoms with Gasteiger partial charge in [0.05, 0.1) is 6.54 Å². The van der Waals surface area contributed by atoms with E-state index in [1.807, 2.05) is 10.8 Å². The molecule has 0 bridgehead atoms. The molecule has 1 aliphatic rings. The Bertz CT molecular complexity index is 229. The van der Waals surface area contributed by atoms with E-state index in [9.17, 15) is 0 Å². The lowest BCUT2D eigenvalue weighted by Gasteiger charge is -2.14. The summed E-state index contributed by atoms with van der Waals surface area (Å²) in [5.74, 6) is 0. The van der Waals surface area contributed by atoms with Crippen LogP contribution in [0.4, 0.5) is 0 Å². The van der Waals surface area contributed by atoms with E-state index in [0.29, 0.717) is 0 Å². The fraction of sp³-hybridized carbons (Fsp3) is 0.571. The Hall–Kier alpha value is -0.990. The molecule has 0 N–H and O–H groups in total. The maximum atomic E-state index is 5.49. The summed E-state index contributed by atoms with van der Waals surface area (Å²) in [6.07, 6.45) is 3.69. The first-order chi connectivity index (χ1) is 4.67. The molecule has 1 aliphatic heterocycles. The molecule has 1 aromatic rings. The van der Waals surface area contributed by atoms with Crippen molar-refractivity contribution in [1.29, 1.82) is 0 Å². The topological polar surface area (TPSA) is 27.1 Å². The number of aromatic nitrogens is 2. The molecule has 2 rings (SSSR count). The van der Waals surface area contributed by atoms with Gasteiger partial charge in [-0.1, -0.05) is 0 Å². The molecule has 1 aromatic heterocycles. The highest BCUT2D eigenvalue weighted by Gasteiger charge is 2.29. The normalized spacial score (nSPS) is 20.2. The largest absolute Gasteiger partial charge is 0.457 e. The maximum absolute atomic E-state index is 5.49. The second-order valence-electron chi connectivity index (χ2n) is 3.20. The summed E-state index contributed by atoms with van der Waals surface area (Å²) in [5, 5.41) is 0. The van der Waals surface area contributed by atoms with E-state index in [1.54, 1.807) is 6.20 Å². The monoisotopic (exact) mass is 138 g/mol. The molecule has 54 valence electrons. The van der Waals surface area contributed by atoms with Crippen LogP contribution in [0.5, 0.6) is 6.01 Å². The Morgan fingerprint density at radius 1 is 1.70 bits per heavy atom. The van der Waals surface area contributed by atoms with E-state index in [1.165, 1.54) is 0 Å². The van der Waals surface area contributed by atoms with Gasteiger partial charge in [-0.2, -0.15) is 0 Å². The number of fused-ring (bicyclic) bond motifs is 1. The molecule has 3 heteroatoms. The molecule has 0 unspecified atom stereocenters. The summed E-state index contributed by atoms with van der Waals surface area (Å²) < 4.78 is 7.50. The van der Waals surface area contributed by atoms with Crippen molar-refractivity contribution in [3.8, 4) is 6.01 Å². The van der Waals surface area contributed by atoms with Crippen molar-refractivity contribution in [2.45, 2.75) is 26.0 Å². The van der Waals surface area contributed by atoms with E-state index >= 15 is 0 Å². The van der Waals surface area contributed by atoms with Crippen LogP contribution in [-0.4, -0.2) is 15.2 Å². The number of imidazole rings is 1. The summed E-state index contributed by atoms with van der Waals surface area (Å²) in [5.41, 5.74) is -0.0659. The van der Waals surface area contributed by atoms with E-state index in [0.717, 1.165) is 12.6 Å². The molecular weight excluding hydrogens is 128 g/mol. The van der Waals surface area contributed by atoms with Crippen molar-refractivity contribution in [3.63, 3.8) is 0 Å². The second-order valence-corrected chi connectivity index (χ2v) is 3.20. The molecule has 0 fully saturated rings. The minimum absolute atomic E-state index is 0.0659. The number of hydrogen-bond acceptors (Lipinski definition) is 2. The zero-order valence-electron chi connectivity index (χ0n) is 6.16. The van der Waals surface area contributed by atoms with Gasteiger partial charge in [-0.25, -0.2) is 4.98 Å². The Morgan fingerprint density at radius 3 is 3.20 bits per heavy atom. The van der Waals surface area contributed by atoms with Gasteiger partial charge in [0.1, 0.15) is 5.60 Å². The van der Waals surface area contributed by atoms with Gasteiger partial charge in [0, 0.05) is 12.4 Å². The summed E-state index contributed by atoms with van der Waals surface area (Å²) in [6.45, 7) is 5.02. The molecule has 10 heavy (non-hydrogen) atoms. The van der Waals surface area contributed by atoms with Crippen molar-refractivity contribution in [3.05, 3.63) is 12.4 Å². The van der Waals surface area contributed by atoms with Crippen LogP contribution in [0.3, 0.4) is 0 Å². The van der Waals surface area contributed by atoms with Gasteiger partial charge >= 0.3 is 0 Å². The van der Waals surface area contributed by atoms with Crippen LogP contribution in [0.2, 0.25) is 0 Å². The summed E-state index contributed by atoms with van der Waals surface area (Å²) in [7, 11) is 0. The highest BCUT2D eigenvalue weighted by molar-refractivity contribution is 5.06. The molecule has 2 heterocycles. The Balaban J connectivity index is 2.37. The van der Waals surface area contributed by atoms with E-state index in [2.05, 4.69) is 18.8 Å². The van der Waals surface area contributed by atoms with Crippen molar-refractivity contribution in [2.75, 3.05) is 0 Å². The van der Waals surface area contributed by atoms with Crippen molar-refractivity contribution in [1.82, 2.24) is 9.55 Å². The zero-order valence-corrected chi connectivity index (χ0v) is 6.16. The van der Waals surface area contributed by atoms with Gasteiger partial charge in [0.15, 0.2) is 0 Å². The predicted molar refractivity (Wildman–Crippen MR) is 36.9 cm³/mol. The molecule has 3 nitrogen and oxygen atoms in total. The van der Waals surface area contributed by atoms with E-state index in [4.69, 9.17) is 4.74 Å². The van der Waals surface area contributed by atoms with E-state index < -0.39 is 0 Å². The van der Waals surface area contributed by atoms with Crippen LogP contribution in [0, 0.1) is 0 Å². The van der Waals surface area contributed by atoms with Gasteiger partial charge in [-0.05, 0) is 13.8 Å². The SMILES string of the molecule is CC1(C)Cn2ccnc2O1. The van der Waals surface area contributed by atoms with Crippen LogP contribution in [0.15, 0.2) is 12.4 Å². The van der Waals surface area contributed by atoms with Crippen LogP contribution < -0.4 is 4.74 Å². The average molecular weight is 138 g/mol. The third kappa shape index (κ3) is 0.701. The summed E-state index contributed by atoms with van der Waals surface area (Å²) >= 11 is 0. The molecule has 0 aromatic carbocycles. The molecular formula is C7H10N2O. The second kappa shape index (κ2) is 1.54. The smallest absolute Gasteiger partial charge is 0.296 e. The molecule has 0 aliphatic carbocycles. The average Bonchev–Trinajstić information content (AvgIpc) is 2.20. The molecule has 0 spiro atoms. The van der Waals surface area contributed by atoms with Crippen LogP contribution in [0.1, 0.15) is 13.8 Å². The number of hydrogen-bond donors (Lipinski definition) is 0. The number of nitrogens with zero attached hydrogens (tertiary/aromatic N) is 2. The molecule has 0 saturated carbocycles. The number of rotatable bonds is 0. The minimum atomic E-state index is -0.0659. The first-order valence-corrected chi connectivity index (χ1v) is 3.37. The standard InChI is InChI=1S/C7H10N2O/c1-7(2)5-9-4-3-8-6(9)10-7/h3-4H,5H2,1-2H3. The lowest BCUT2D eigenvalue weighted by molar-refractivity contribution is 0.131. The van der Waals surface area contributed by atoms with Crippen LogP contribution in [-0.2, 0) is 6.54 Å². The van der Waals surface area contributed by atoms with E-state index in [-0.39, 0.29) is 5.60 Å². The quantitative estimate of drug-likeness (QED) is 0.536. The molecule has 0 saturated heterocycles. The maximum Gasteiger partial charge on any atom is 0.296 e. The fourth-order valence-electron chi connectivity index (χ4n) is 1.21. The van der Waals surface area contributed by atoms with Gasteiger partial charge in [0.2, 0.25) is 0 Å². The predicted octanol–water partition coefficient (Wildman–Crippen LogP) is 1.05. The van der Waals surface area contributed by atoms with Crippen LogP contribution in [0.25, 0.3) is 0 Å². The fourth-order valence-corrected chi connectivity index (χ4v) is 1.21. The third-order valence-electron chi connectivity index (χ3n) is 1.60. The first kappa shape index (κ1) is 5.77. The van der Waals surface area contributed by atoms with Crippen molar-refractivity contribution >= 4 is 0 Å². The van der Waals surface area contributed by atoms with Crippen molar-refractivity contribution in [2.24, 2.45) is 0 Å². The summed E-state index contributed by atoms with van der Waals surface area (Å²) in [4.78, 5) is 4.03. The Morgan fingerprint density at radius 2 is 2.50 bits per heavy atom. The zero-order chi connectivity index (χ0) is 7.19. The summed E-state index contributed by atoms with van der Waals surface area (Å²) in [6, 6.07) is 0.741. The van der Waals surface area contributed by atoms with Crippen LogP contribution >= 0.6 is 0 Å². The van der Waals surface area contributed by atoms with Gasteiger partial charge < -0.3 is 4.74 Å². The van der Waals surface area contributed by atoms with Gasteiger partial charge in [-0.3, -0.25) is 4.57 Å². The number of ether oxygens (including phenoxy) is 1. The third-order valence-corrected chi connectivity index (χ3v) is 1.60. The molecule has 0 radical (unpaired) electrons. The van der Waals surface area contributed by atoms with Crippen molar-refractivity contribution < 1.29 is 4.74 Å². The molecule has 0 amide bonds. The minimum Gasteiger partial charge on any atom is -0.457 e. The highest BCUT2D eigenvalue weighted by atomic mass is 16.5. The van der Waals surface area contributed by atoms with Gasteiger partial charge in [0.25, 0.3) is 6.01 Å². The lowest BCUT2D eigenvalue weighted by Crippen LogP contribution is -2.26. The molecule has 0 atom stereocenters. The van der Waals surface area contributed by atoms with Gasteiger partial charge in [-0.15, -0.1) is 0 Å². The lowest BCUT2D eigenvalue weighted by atomic mass is 10.1. The first-order valence-electron chi connectivity index (χ1n) is 3.37. The Labute approximate surface area is 59.6 Å².